The highest BCUT2D eigenvalue weighted by atomic mass is 35.5. The van der Waals surface area contributed by atoms with Gasteiger partial charge in [0.25, 0.3) is 0 Å². The Balaban J connectivity index is 2.17. The number of benzene rings is 1. The molecule has 0 aliphatic heterocycles. The van der Waals surface area contributed by atoms with E-state index in [0.717, 1.165) is 0 Å². The Morgan fingerprint density at radius 1 is 1.47 bits per heavy atom. The molecule has 1 aromatic carbocycles. The van der Waals surface area contributed by atoms with Crippen molar-refractivity contribution in [3.63, 3.8) is 0 Å². The maximum absolute atomic E-state index is 14.0. The Morgan fingerprint density at radius 2 is 2.21 bits per heavy atom. The Hall–Kier alpha value is -1.95. The van der Waals surface area contributed by atoms with Gasteiger partial charge < -0.3 is 21.4 Å². The van der Waals surface area contributed by atoms with Crippen LogP contribution in [0, 0.1) is 5.82 Å². The second-order valence-corrected chi connectivity index (χ2v) is 4.74. The first kappa shape index (κ1) is 13.5. The average molecular weight is 284 g/mol. The van der Waals surface area contributed by atoms with Crippen LogP contribution in [0.5, 0.6) is 0 Å². The maximum atomic E-state index is 14.0. The SMILES string of the molecule is CC(Cn1ccnc1)Nc1c(N)cc(N)c(Cl)c1F. The second kappa shape index (κ2) is 5.36. The normalized spacial score (nSPS) is 12.4. The molecule has 0 amide bonds. The predicted molar refractivity (Wildman–Crippen MR) is 75.5 cm³/mol. The molecule has 1 aromatic heterocycles. The van der Waals surface area contributed by atoms with E-state index in [1.807, 2.05) is 17.7 Å². The lowest BCUT2D eigenvalue weighted by atomic mass is 10.2. The number of hydrogen-bond donors (Lipinski definition) is 3. The number of nitrogens with one attached hydrogen (secondary N) is 1. The minimum atomic E-state index is -0.628. The summed E-state index contributed by atoms with van der Waals surface area (Å²) < 4.78 is 15.9. The fourth-order valence-electron chi connectivity index (χ4n) is 1.82. The first-order chi connectivity index (χ1) is 8.99. The maximum Gasteiger partial charge on any atom is 0.169 e. The van der Waals surface area contributed by atoms with Crippen LogP contribution in [0.3, 0.4) is 0 Å². The Kier molecular flexibility index (Phi) is 3.80. The number of nitrogens with two attached hydrogens (primary N) is 2. The molecule has 0 saturated heterocycles. The van der Waals surface area contributed by atoms with Gasteiger partial charge in [-0.3, -0.25) is 0 Å². The summed E-state index contributed by atoms with van der Waals surface area (Å²) in [5.41, 5.74) is 11.8. The van der Waals surface area contributed by atoms with Crippen LogP contribution in [0.2, 0.25) is 5.02 Å². The predicted octanol–water partition coefficient (Wildman–Crippen LogP) is 2.34. The third-order valence-electron chi connectivity index (χ3n) is 2.70. The zero-order valence-electron chi connectivity index (χ0n) is 10.4. The monoisotopic (exact) mass is 283 g/mol. The van der Waals surface area contributed by atoms with Crippen LogP contribution in [-0.4, -0.2) is 15.6 Å². The molecule has 5 N–H and O–H groups in total. The van der Waals surface area contributed by atoms with Crippen LogP contribution in [0.4, 0.5) is 21.5 Å². The molecular weight excluding hydrogens is 269 g/mol. The summed E-state index contributed by atoms with van der Waals surface area (Å²) in [4.78, 5) is 3.94. The lowest BCUT2D eigenvalue weighted by molar-refractivity contribution is 0.600. The molecule has 5 nitrogen and oxygen atoms in total. The minimum absolute atomic E-state index is 0.0503. The number of halogens is 2. The van der Waals surface area contributed by atoms with Crippen molar-refractivity contribution in [2.75, 3.05) is 16.8 Å². The van der Waals surface area contributed by atoms with E-state index in [1.165, 1.54) is 6.07 Å². The first-order valence-electron chi connectivity index (χ1n) is 5.74. The van der Waals surface area contributed by atoms with Crippen LogP contribution >= 0.6 is 11.6 Å². The van der Waals surface area contributed by atoms with Crippen molar-refractivity contribution < 1.29 is 4.39 Å². The molecule has 0 bridgehead atoms. The van der Waals surface area contributed by atoms with Crippen molar-refractivity contribution in [3.05, 3.63) is 35.6 Å². The molecule has 0 spiro atoms. The number of aromatic nitrogens is 2. The van der Waals surface area contributed by atoms with Gasteiger partial charge in [-0.05, 0) is 13.0 Å². The number of imidazole rings is 1. The molecule has 2 rings (SSSR count). The number of rotatable bonds is 4. The van der Waals surface area contributed by atoms with E-state index in [0.29, 0.717) is 6.54 Å². The molecule has 0 saturated carbocycles. The van der Waals surface area contributed by atoms with Crippen LogP contribution in [0.15, 0.2) is 24.8 Å². The van der Waals surface area contributed by atoms with Crippen molar-refractivity contribution in [3.8, 4) is 0 Å². The van der Waals surface area contributed by atoms with Crippen molar-refractivity contribution in [2.45, 2.75) is 19.5 Å². The van der Waals surface area contributed by atoms with Crippen LogP contribution in [-0.2, 0) is 6.54 Å². The summed E-state index contributed by atoms with van der Waals surface area (Å²) in [7, 11) is 0. The van der Waals surface area contributed by atoms with Crippen molar-refractivity contribution in [1.29, 1.82) is 0 Å². The highest BCUT2D eigenvalue weighted by Gasteiger charge is 2.16. The standard InChI is InChI=1S/C12H15ClFN5/c1-7(5-19-3-2-17-6-19)18-12-9(16)4-8(15)10(13)11(12)14/h2-4,6-7,18H,5,15-16H2,1H3. The summed E-state index contributed by atoms with van der Waals surface area (Å²) in [5, 5.41) is 2.88. The minimum Gasteiger partial charge on any atom is -0.397 e. The molecule has 1 unspecified atom stereocenters. The highest BCUT2D eigenvalue weighted by molar-refractivity contribution is 6.33. The van der Waals surface area contributed by atoms with Gasteiger partial charge in [-0.1, -0.05) is 11.6 Å². The molecular formula is C12H15ClFN5. The van der Waals surface area contributed by atoms with Gasteiger partial charge in [-0.2, -0.15) is 0 Å². The average Bonchev–Trinajstić information content (AvgIpc) is 2.85. The highest BCUT2D eigenvalue weighted by Crippen LogP contribution is 2.34. The van der Waals surface area contributed by atoms with E-state index in [4.69, 9.17) is 23.1 Å². The van der Waals surface area contributed by atoms with Gasteiger partial charge in [0.05, 0.1) is 23.4 Å². The lowest BCUT2D eigenvalue weighted by Crippen LogP contribution is -2.22. The van der Waals surface area contributed by atoms with Gasteiger partial charge in [0, 0.05) is 25.0 Å². The van der Waals surface area contributed by atoms with Gasteiger partial charge in [0.2, 0.25) is 0 Å². The van der Waals surface area contributed by atoms with E-state index >= 15 is 0 Å². The van der Waals surface area contributed by atoms with Gasteiger partial charge in [-0.25, -0.2) is 9.37 Å². The van der Waals surface area contributed by atoms with Crippen LogP contribution < -0.4 is 16.8 Å². The topological polar surface area (TPSA) is 81.9 Å². The molecule has 102 valence electrons. The smallest absolute Gasteiger partial charge is 0.169 e. The largest absolute Gasteiger partial charge is 0.397 e. The molecule has 19 heavy (non-hydrogen) atoms. The Bertz CT molecular complexity index is 570. The van der Waals surface area contributed by atoms with E-state index < -0.39 is 5.82 Å². The summed E-state index contributed by atoms with van der Waals surface area (Å²) in [6, 6.07) is 1.39. The first-order valence-corrected chi connectivity index (χ1v) is 6.12. The number of nitrogens with zero attached hydrogens (tertiary/aromatic N) is 2. The molecule has 2 aromatic rings. The van der Waals surface area contributed by atoms with E-state index in [-0.39, 0.29) is 28.1 Å². The van der Waals surface area contributed by atoms with Gasteiger partial charge in [0.15, 0.2) is 5.82 Å². The summed E-state index contributed by atoms with van der Waals surface area (Å²) in [6.07, 6.45) is 5.20. The molecule has 0 aliphatic rings. The zero-order chi connectivity index (χ0) is 14.0. The molecule has 1 atom stereocenters. The van der Waals surface area contributed by atoms with Gasteiger partial charge in [0.1, 0.15) is 5.02 Å². The van der Waals surface area contributed by atoms with Gasteiger partial charge in [-0.15, -0.1) is 0 Å². The van der Waals surface area contributed by atoms with Crippen LogP contribution in [0.25, 0.3) is 0 Å². The van der Waals surface area contributed by atoms with E-state index in [1.54, 1.807) is 12.5 Å². The second-order valence-electron chi connectivity index (χ2n) is 4.36. The third kappa shape index (κ3) is 2.90. The van der Waals surface area contributed by atoms with Crippen molar-refractivity contribution in [2.24, 2.45) is 0 Å². The summed E-state index contributed by atoms with van der Waals surface area (Å²) >= 11 is 5.77. The van der Waals surface area contributed by atoms with E-state index in [9.17, 15) is 4.39 Å². The molecule has 0 fully saturated rings. The molecule has 7 heteroatoms. The fraction of sp³-hybridized carbons (Fsp3) is 0.250. The van der Waals surface area contributed by atoms with E-state index in [2.05, 4.69) is 10.3 Å². The summed E-state index contributed by atoms with van der Waals surface area (Å²) in [5.74, 6) is -0.628. The Labute approximate surface area is 115 Å². The molecule has 0 aliphatic carbocycles. The number of anilines is 3. The summed E-state index contributed by atoms with van der Waals surface area (Å²) in [6.45, 7) is 2.53. The van der Waals surface area contributed by atoms with Crippen molar-refractivity contribution in [1.82, 2.24) is 9.55 Å². The molecule has 1 heterocycles. The van der Waals surface area contributed by atoms with Gasteiger partial charge >= 0.3 is 0 Å². The number of nitrogen functional groups attached to an aromatic ring is 2. The fourth-order valence-corrected chi connectivity index (χ4v) is 1.96. The molecule has 0 radical (unpaired) electrons. The number of hydrogen-bond acceptors (Lipinski definition) is 4. The zero-order valence-corrected chi connectivity index (χ0v) is 11.2. The van der Waals surface area contributed by atoms with Crippen LogP contribution in [0.1, 0.15) is 6.92 Å². The van der Waals surface area contributed by atoms with Crippen molar-refractivity contribution >= 4 is 28.7 Å². The quantitative estimate of drug-likeness (QED) is 0.752. The lowest BCUT2D eigenvalue weighted by Gasteiger charge is -2.19. The third-order valence-corrected chi connectivity index (χ3v) is 3.08. The Morgan fingerprint density at radius 3 is 2.84 bits per heavy atom.